The van der Waals surface area contributed by atoms with Crippen LogP contribution < -0.4 is 5.73 Å². The molecule has 0 saturated heterocycles. The molecular formula is C12H19NO. The summed E-state index contributed by atoms with van der Waals surface area (Å²) in [6, 6.07) is 5.65. The van der Waals surface area contributed by atoms with E-state index in [9.17, 15) is 5.11 Å². The third kappa shape index (κ3) is 2.26. The molecule has 0 aliphatic rings. The molecule has 0 amide bonds. The smallest absolute Gasteiger partial charge is 0.119 e. The van der Waals surface area contributed by atoms with Gasteiger partial charge in [0.2, 0.25) is 0 Å². The summed E-state index contributed by atoms with van der Waals surface area (Å²) in [6.07, 6.45) is 2.87. The lowest BCUT2D eigenvalue weighted by molar-refractivity contribution is 0.465. The van der Waals surface area contributed by atoms with Crippen LogP contribution in [0, 0.1) is 0 Å². The number of aromatic hydroxyl groups is 1. The lowest BCUT2D eigenvalue weighted by Crippen LogP contribution is -2.12. The summed E-state index contributed by atoms with van der Waals surface area (Å²) >= 11 is 0. The number of hydrogen-bond donors (Lipinski definition) is 2. The van der Waals surface area contributed by atoms with Gasteiger partial charge in [-0.2, -0.15) is 0 Å². The minimum atomic E-state index is 0.0575. The van der Waals surface area contributed by atoms with E-state index in [1.54, 1.807) is 6.07 Å². The van der Waals surface area contributed by atoms with Crippen LogP contribution in [-0.2, 0) is 6.42 Å². The number of rotatable bonds is 4. The predicted molar refractivity (Wildman–Crippen MR) is 59.3 cm³/mol. The number of nitrogens with two attached hydrogens (primary N) is 1. The molecule has 1 aromatic carbocycles. The van der Waals surface area contributed by atoms with Crippen LogP contribution in [-0.4, -0.2) is 5.11 Å². The van der Waals surface area contributed by atoms with E-state index in [1.807, 2.05) is 19.1 Å². The van der Waals surface area contributed by atoms with Crippen LogP contribution in [0.2, 0.25) is 0 Å². The van der Waals surface area contributed by atoms with E-state index in [2.05, 4.69) is 6.92 Å². The standard InChI is InChI=1S/C12H19NO/c1-3-6-11(13)10-7-5-8-12(14)9(10)4-2/h5,7-8,11,14H,3-4,6,13H2,1-2H3/t11-/m1/s1. The van der Waals surface area contributed by atoms with Crippen molar-refractivity contribution in [2.24, 2.45) is 5.73 Å². The molecule has 0 fully saturated rings. The molecule has 0 saturated carbocycles. The molecule has 0 spiro atoms. The van der Waals surface area contributed by atoms with Crippen LogP contribution in [0.25, 0.3) is 0 Å². The Labute approximate surface area is 85.8 Å². The second kappa shape index (κ2) is 5.01. The van der Waals surface area contributed by atoms with Crippen molar-refractivity contribution in [3.63, 3.8) is 0 Å². The molecule has 0 unspecified atom stereocenters. The quantitative estimate of drug-likeness (QED) is 0.772. The Morgan fingerprint density at radius 2 is 2.07 bits per heavy atom. The van der Waals surface area contributed by atoms with Gasteiger partial charge in [-0.1, -0.05) is 32.4 Å². The Kier molecular flexibility index (Phi) is 3.96. The summed E-state index contributed by atoms with van der Waals surface area (Å²) in [7, 11) is 0. The Bertz CT molecular complexity index is 296. The lowest BCUT2D eigenvalue weighted by atomic mass is 9.95. The number of phenolic OH excluding ortho intramolecular Hbond substituents is 1. The van der Waals surface area contributed by atoms with Gasteiger partial charge in [0, 0.05) is 6.04 Å². The highest BCUT2D eigenvalue weighted by atomic mass is 16.3. The van der Waals surface area contributed by atoms with Gasteiger partial charge in [-0.05, 0) is 30.0 Å². The summed E-state index contributed by atoms with van der Waals surface area (Å²) in [5, 5.41) is 9.65. The summed E-state index contributed by atoms with van der Waals surface area (Å²) in [5.41, 5.74) is 8.13. The van der Waals surface area contributed by atoms with Gasteiger partial charge in [-0.3, -0.25) is 0 Å². The first-order valence-corrected chi connectivity index (χ1v) is 5.27. The van der Waals surface area contributed by atoms with Gasteiger partial charge in [0.05, 0.1) is 0 Å². The number of benzene rings is 1. The second-order valence-electron chi connectivity index (χ2n) is 3.59. The van der Waals surface area contributed by atoms with Crippen molar-refractivity contribution in [2.75, 3.05) is 0 Å². The van der Waals surface area contributed by atoms with E-state index in [-0.39, 0.29) is 6.04 Å². The largest absolute Gasteiger partial charge is 0.508 e. The number of hydrogen-bond acceptors (Lipinski definition) is 2. The Hall–Kier alpha value is -1.02. The highest BCUT2D eigenvalue weighted by Gasteiger charge is 2.11. The van der Waals surface area contributed by atoms with E-state index in [4.69, 9.17) is 5.73 Å². The highest BCUT2D eigenvalue weighted by molar-refractivity contribution is 5.40. The SMILES string of the molecule is CCC[C@@H](N)c1cccc(O)c1CC. The minimum Gasteiger partial charge on any atom is -0.508 e. The Balaban J connectivity index is 3.00. The van der Waals surface area contributed by atoms with Gasteiger partial charge in [0.15, 0.2) is 0 Å². The molecule has 0 bridgehead atoms. The van der Waals surface area contributed by atoms with E-state index in [0.717, 1.165) is 30.4 Å². The first kappa shape index (κ1) is 11.1. The average molecular weight is 193 g/mol. The normalized spacial score (nSPS) is 12.8. The zero-order chi connectivity index (χ0) is 10.6. The van der Waals surface area contributed by atoms with Crippen molar-refractivity contribution in [2.45, 2.75) is 39.2 Å². The third-order valence-corrected chi connectivity index (χ3v) is 2.54. The topological polar surface area (TPSA) is 46.2 Å². The van der Waals surface area contributed by atoms with Crippen LogP contribution in [0.3, 0.4) is 0 Å². The molecule has 3 N–H and O–H groups in total. The first-order chi connectivity index (χ1) is 6.70. The van der Waals surface area contributed by atoms with E-state index in [0.29, 0.717) is 5.75 Å². The molecule has 0 radical (unpaired) electrons. The maximum Gasteiger partial charge on any atom is 0.119 e. The molecule has 1 atom stereocenters. The zero-order valence-corrected chi connectivity index (χ0v) is 8.96. The van der Waals surface area contributed by atoms with Gasteiger partial charge < -0.3 is 10.8 Å². The fourth-order valence-corrected chi connectivity index (χ4v) is 1.79. The monoisotopic (exact) mass is 193 g/mol. The zero-order valence-electron chi connectivity index (χ0n) is 8.96. The van der Waals surface area contributed by atoms with Gasteiger partial charge in [0.25, 0.3) is 0 Å². The molecule has 78 valence electrons. The highest BCUT2D eigenvalue weighted by Crippen LogP contribution is 2.27. The van der Waals surface area contributed by atoms with Gasteiger partial charge in [-0.25, -0.2) is 0 Å². The van der Waals surface area contributed by atoms with Crippen LogP contribution in [0.5, 0.6) is 5.75 Å². The molecule has 1 aromatic rings. The van der Waals surface area contributed by atoms with Crippen molar-refractivity contribution in [3.8, 4) is 5.75 Å². The van der Waals surface area contributed by atoms with Crippen LogP contribution in [0.1, 0.15) is 43.9 Å². The first-order valence-electron chi connectivity index (χ1n) is 5.27. The van der Waals surface area contributed by atoms with Crippen LogP contribution >= 0.6 is 0 Å². The van der Waals surface area contributed by atoms with Gasteiger partial charge >= 0.3 is 0 Å². The molecule has 2 nitrogen and oxygen atoms in total. The average Bonchev–Trinajstić information content (AvgIpc) is 2.17. The molecule has 0 aliphatic heterocycles. The van der Waals surface area contributed by atoms with Crippen molar-refractivity contribution >= 4 is 0 Å². The van der Waals surface area contributed by atoms with Crippen molar-refractivity contribution in [1.82, 2.24) is 0 Å². The van der Waals surface area contributed by atoms with Crippen molar-refractivity contribution in [3.05, 3.63) is 29.3 Å². The summed E-state index contributed by atoms with van der Waals surface area (Å²) in [6.45, 7) is 4.16. The minimum absolute atomic E-state index is 0.0575. The van der Waals surface area contributed by atoms with E-state index < -0.39 is 0 Å². The number of phenols is 1. The maximum absolute atomic E-state index is 9.65. The van der Waals surface area contributed by atoms with Crippen molar-refractivity contribution in [1.29, 1.82) is 0 Å². The molecule has 0 aliphatic carbocycles. The van der Waals surface area contributed by atoms with Gasteiger partial charge in [0.1, 0.15) is 5.75 Å². The molecule has 0 aromatic heterocycles. The fraction of sp³-hybridized carbons (Fsp3) is 0.500. The van der Waals surface area contributed by atoms with Crippen LogP contribution in [0.4, 0.5) is 0 Å². The maximum atomic E-state index is 9.65. The van der Waals surface area contributed by atoms with E-state index in [1.165, 1.54) is 0 Å². The predicted octanol–water partition coefficient (Wildman–Crippen LogP) is 2.75. The summed E-state index contributed by atoms with van der Waals surface area (Å²) < 4.78 is 0. The Morgan fingerprint density at radius 3 is 2.64 bits per heavy atom. The molecule has 14 heavy (non-hydrogen) atoms. The third-order valence-electron chi connectivity index (χ3n) is 2.54. The van der Waals surface area contributed by atoms with Gasteiger partial charge in [-0.15, -0.1) is 0 Å². The molecule has 1 rings (SSSR count). The Morgan fingerprint density at radius 1 is 1.36 bits per heavy atom. The lowest BCUT2D eigenvalue weighted by Gasteiger charge is -2.15. The van der Waals surface area contributed by atoms with Crippen molar-refractivity contribution < 1.29 is 5.11 Å². The van der Waals surface area contributed by atoms with E-state index >= 15 is 0 Å². The second-order valence-corrected chi connectivity index (χ2v) is 3.59. The molecule has 2 heteroatoms. The molecule has 0 heterocycles. The van der Waals surface area contributed by atoms with Crippen LogP contribution in [0.15, 0.2) is 18.2 Å². The molecular weight excluding hydrogens is 174 g/mol. The summed E-state index contributed by atoms with van der Waals surface area (Å²) in [4.78, 5) is 0. The summed E-state index contributed by atoms with van der Waals surface area (Å²) in [5.74, 6) is 0.372. The fourth-order valence-electron chi connectivity index (χ4n) is 1.79.